The SMILES string of the molecule is O=C(O)CN(CC1CC1)C(=O)Nc1ccc(Cl)cc1I. The molecule has 0 saturated heterocycles. The van der Waals surface area contributed by atoms with E-state index in [2.05, 4.69) is 27.9 Å². The maximum atomic E-state index is 12.2. The summed E-state index contributed by atoms with van der Waals surface area (Å²) in [7, 11) is 0. The molecule has 7 heteroatoms. The van der Waals surface area contributed by atoms with Crippen molar-refractivity contribution in [3.8, 4) is 0 Å². The first-order valence-corrected chi connectivity index (χ1v) is 7.64. The normalized spacial score (nSPS) is 13.9. The Morgan fingerprint density at radius 2 is 2.15 bits per heavy atom. The van der Waals surface area contributed by atoms with Gasteiger partial charge in [0.15, 0.2) is 0 Å². The average Bonchev–Trinajstić information content (AvgIpc) is 3.15. The van der Waals surface area contributed by atoms with E-state index in [4.69, 9.17) is 16.7 Å². The number of carbonyl (C=O) groups is 2. The standard InChI is InChI=1S/C13H14ClIN2O3/c14-9-3-4-11(10(15)5-9)16-13(20)17(7-12(18)19)6-8-1-2-8/h3-5,8H,1-2,6-7H2,(H,16,20)(H,18,19). The maximum absolute atomic E-state index is 12.2. The zero-order valence-corrected chi connectivity index (χ0v) is 13.5. The van der Waals surface area contributed by atoms with Crippen molar-refractivity contribution in [3.63, 3.8) is 0 Å². The molecule has 2 rings (SSSR count). The molecule has 0 unspecified atom stereocenters. The van der Waals surface area contributed by atoms with Gasteiger partial charge in [0.2, 0.25) is 0 Å². The number of nitrogens with zero attached hydrogens (tertiary/aromatic N) is 1. The number of anilines is 1. The largest absolute Gasteiger partial charge is 0.480 e. The predicted molar refractivity (Wildman–Crippen MR) is 85.1 cm³/mol. The van der Waals surface area contributed by atoms with Crippen LogP contribution in [-0.2, 0) is 4.79 Å². The molecule has 0 spiro atoms. The van der Waals surface area contributed by atoms with Gasteiger partial charge in [-0.25, -0.2) is 4.79 Å². The highest BCUT2D eigenvalue weighted by molar-refractivity contribution is 14.1. The summed E-state index contributed by atoms with van der Waals surface area (Å²) < 4.78 is 0.810. The van der Waals surface area contributed by atoms with Crippen molar-refractivity contribution in [2.24, 2.45) is 5.92 Å². The summed E-state index contributed by atoms with van der Waals surface area (Å²) in [5.41, 5.74) is 0.631. The first-order chi connectivity index (χ1) is 9.45. The number of carbonyl (C=O) groups excluding carboxylic acids is 1. The summed E-state index contributed by atoms with van der Waals surface area (Å²) in [6.07, 6.45) is 2.11. The molecule has 0 bridgehead atoms. The van der Waals surface area contributed by atoms with Crippen LogP contribution in [0, 0.1) is 9.49 Å². The Morgan fingerprint density at radius 3 is 2.70 bits per heavy atom. The van der Waals surface area contributed by atoms with Gasteiger partial charge in [-0.15, -0.1) is 0 Å². The van der Waals surface area contributed by atoms with E-state index in [9.17, 15) is 9.59 Å². The number of carboxylic acids is 1. The quantitative estimate of drug-likeness (QED) is 0.735. The summed E-state index contributed by atoms with van der Waals surface area (Å²) in [4.78, 5) is 24.3. The van der Waals surface area contributed by atoms with Crippen molar-refractivity contribution < 1.29 is 14.7 Å². The van der Waals surface area contributed by atoms with Gasteiger partial charge in [-0.05, 0) is 59.5 Å². The van der Waals surface area contributed by atoms with Gasteiger partial charge in [-0.2, -0.15) is 0 Å². The van der Waals surface area contributed by atoms with Crippen LogP contribution in [0.4, 0.5) is 10.5 Å². The third-order valence-electron chi connectivity index (χ3n) is 2.96. The van der Waals surface area contributed by atoms with E-state index in [1.54, 1.807) is 18.2 Å². The molecule has 2 N–H and O–H groups in total. The number of hydrogen-bond donors (Lipinski definition) is 2. The maximum Gasteiger partial charge on any atom is 0.323 e. The lowest BCUT2D eigenvalue weighted by atomic mass is 10.3. The highest BCUT2D eigenvalue weighted by atomic mass is 127. The van der Waals surface area contributed by atoms with Crippen LogP contribution in [0.1, 0.15) is 12.8 Å². The van der Waals surface area contributed by atoms with E-state index in [0.29, 0.717) is 23.2 Å². The lowest BCUT2D eigenvalue weighted by Gasteiger charge is -2.21. The molecule has 1 saturated carbocycles. The van der Waals surface area contributed by atoms with Gasteiger partial charge >= 0.3 is 12.0 Å². The Morgan fingerprint density at radius 1 is 1.45 bits per heavy atom. The van der Waals surface area contributed by atoms with Gasteiger partial charge in [-0.3, -0.25) is 4.79 Å². The first kappa shape index (κ1) is 15.4. The fourth-order valence-electron chi connectivity index (χ4n) is 1.78. The van der Waals surface area contributed by atoms with Gasteiger partial charge in [-0.1, -0.05) is 11.6 Å². The molecule has 20 heavy (non-hydrogen) atoms. The minimum Gasteiger partial charge on any atom is -0.480 e. The zero-order chi connectivity index (χ0) is 14.7. The molecule has 5 nitrogen and oxygen atoms in total. The molecule has 108 valence electrons. The topological polar surface area (TPSA) is 69.6 Å². The summed E-state index contributed by atoms with van der Waals surface area (Å²) in [5, 5.41) is 12.2. The van der Waals surface area contributed by atoms with Gasteiger partial charge in [0.1, 0.15) is 6.54 Å². The molecule has 1 aliphatic rings. The predicted octanol–water partition coefficient (Wildman–Crippen LogP) is 3.27. The van der Waals surface area contributed by atoms with E-state index < -0.39 is 5.97 Å². The number of benzene rings is 1. The third-order valence-corrected chi connectivity index (χ3v) is 4.09. The minimum absolute atomic E-state index is 0.285. The Hall–Kier alpha value is -1.02. The second-order valence-electron chi connectivity index (χ2n) is 4.77. The van der Waals surface area contributed by atoms with E-state index in [1.807, 2.05) is 0 Å². The van der Waals surface area contributed by atoms with Crippen LogP contribution in [0.25, 0.3) is 0 Å². The van der Waals surface area contributed by atoms with Crippen LogP contribution < -0.4 is 5.32 Å². The summed E-state index contributed by atoms with van der Waals surface area (Å²) in [5.74, 6) is -0.573. The van der Waals surface area contributed by atoms with Crippen LogP contribution in [0.5, 0.6) is 0 Å². The van der Waals surface area contributed by atoms with Crippen LogP contribution in [0.2, 0.25) is 5.02 Å². The van der Waals surface area contributed by atoms with Gasteiger partial charge < -0.3 is 15.3 Å². The lowest BCUT2D eigenvalue weighted by Crippen LogP contribution is -2.40. The van der Waals surface area contributed by atoms with Gasteiger partial charge in [0, 0.05) is 15.1 Å². The molecule has 0 aromatic heterocycles. The molecule has 0 radical (unpaired) electrons. The average molecular weight is 409 g/mol. The Kier molecular flexibility index (Phi) is 5.09. The summed E-state index contributed by atoms with van der Waals surface area (Å²) in [6, 6.07) is 4.74. The van der Waals surface area contributed by atoms with Crippen molar-refractivity contribution >= 4 is 51.9 Å². The number of halogens is 2. The monoisotopic (exact) mass is 408 g/mol. The van der Waals surface area contributed by atoms with Crippen LogP contribution in [0.3, 0.4) is 0 Å². The van der Waals surface area contributed by atoms with Crippen molar-refractivity contribution in [1.29, 1.82) is 0 Å². The third kappa shape index (κ3) is 4.52. The van der Waals surface area contributed by atoms with Gasteiger partial charge in [0.05, 0.1) is 5.69 Å². The fraction of sp³-hybridized carbons (Fsp3) is 0.385. The van der Waals surface area contributed by atoms with E-state index in [-0.39, 0.29) is 12.6 Å². The van der Waals surface area contributed by atoms with Gasteiger partial charge in [0.25, 0.3) is 0 Å². The molecular formula is C13H14ClIN2O3. The molecule has 0 aliphatic heterocycles. The molecule has 1 fully saturated rings. The fourth-order valence-corrected chi connectivity index (χ4v) is 2.79. The second kappa shape index (κ2) is 6.62. The van der Waals surface area contributed by atoms with Crippen molar-refractivity contribution in [2.45, 2.75) is 12.8 Å². The van der Waals surface area contributed by atoms with E-state index >= 15 is 0 Å². The van der Waals surface area contributed by atoms with Crippen molar-refractivity contribution in [2.75, 3.05) is 18.4 Å². The number of nitrogens with one attached hydrogen (secondary N) is 1. The molecule has 0 heterocycles. The highest BCUT2D eigenvalue weighted by Crippen LogP contribution is 2.30. The molecule has 1 aromatic carbocycles. The molecule has 2 amide bonds. The summed E-state index contributed by atoms with van der Waals surface area (Å²) >= 11 is 7.93. The number of rotatable bonds is 5. The highest BCUT2D eigenvalue weighted by Gasteiger charge is 2.28. The minimum atomic E-state index is -1.01. The second-order valence-corrected chi connectivity index (χ2v) is 6.37. The van der Waals surface area contributed by atoms with E-state index in [1.165, 1.54) is 4.90 Å². The molecule has 0 atom stereocenters. The number of urea groups is 1. The smallest absolute Gasteiger partial charge is 0.323 e. The Bertz CT molecular complexity index is 534. The molecule has 1 aliphatic carbocycles. The summed E-state index contributed by atoms with van der Waals surface area (Å²) in [6.45, 7) is 0.203. The van der Waals surface area contributed by atoms with E-state index in [0.717, 1.165) is 16.4 Å². The molecular weight excluding hydrogens is 395 g/mol. The van der Waals surface area contributed by atoms with Crippen molar-refractivity contribution in [3.05, 3.63) is 26.8 Å². The first-order valence-electron chi connectivity index (χ1n) is 6.18. The van der Waals surface area contributed by atoms with Crippen LogP contribution in [-0.4, -0.2) is 35.1 Å². The van der Waals surface area contributed by atoms with Crippen molar-refractivity contribution in [1.82, 2.24) is 4.90 Å². The lowest BCUT2D eigenvalue weighted by molar-refractivity contribution is -0.137. The number of carboxylic acid groups (broad SMARTS) is 1. The number of hydrogen-bond acceptors (Lipinski definition) is 2. The Labute approximate surface area is 135 Å². The molecule has 1 aromatic rings. The van der Waals surface area contributed by atoms with Crippen LogP contribution >= 0.6 is 34.2 Å². The Balaban J connectivity index is 2.04. The number of amides is 2. The van der Waals surface area contributed by atoms with Crippen LogP contribution in [0.15, 0.2) is 18.2 Å². The zero-order valence-electron chi connectivity index (χ0n) is 10.6. The number of aliphatic carboxylic acids is 1.